The van der Waals surface area contributed by atoms with E-state index in [4.69, 9.17) is 21.2 Å². The molecule has 34 heavy (non-hydrogen) atoms. The average Bonchev–Trinajstić information content (AvgIpc) is 3.55. The first-order valence-corrected chi connectivity index (χ1v) is 11.4. The summed E-state index contributed by atoms with van der Waals surface area (Å²) in [5.74, 6) is 6.07. The second-order valence-corrected chi connectivity index (χ2v) is 9.18. The number of hydrogen-bond acceptors (Lipinski definition) is 7. The van der Waals surface area contributed by atoms with Crippen LogP contribution in [0.2, 0.25) is 0 Å². The molecule has 174 valence electrons. The zero-order valence-corrected chi connectivity index (χ0v) is 18.8. The van der Waals surface area contributed by atoms with Crippen LogP contribution in [0.5, 0.6) is 0 Å². The van der Waals surface area contributed by atoms with Gasteiger partial charge in [-0.3, -0.25) is 9.50 Å². The molecule has 5 N–H and O–H groups in total. The van der Waals surface area contributed by atoms with Crippen molar-refractivity contribution >= 4 is 28.3 Å². The number of H-pyrrole nitrogens is 1. The van der Waals surface area contributed by atoms with Crippen molar-refractivity contribution in [2.45, 2.75) is 31.9 Å². The van der Waals surface area contributed by atoms with Gasteiger partial charge in [0.15, 0.2) is 17.1 Å². The number of piperidine rings is 1. The molecule has 9 nitrogen and oxygen atoms in total. The minimum atomic E-state index is -0.533. The number of aromatic nitrogens is 5. The Labute approximate surface area is 195 Å². The Morgan fingerprint density at radius 3 is 2.85 bits per heavy atom. The monoisotopic (exact) mass is 460 g/mol. The highest BCUT2D eigenvalue weighted by Gasteiger charge is 2.47. The Bertz CT molecular complexity index is 1460. The van der Waals surface area contributed by atoms with Crippen molar-refractivity contribution in [1.29, 1.82) is 0 Å². The number of ether oxygens (including phenoxy) is 1. The van der Waals surface area contributed by atoms with Gasteiger partial charge in [-0.15, -0.1) is 0 Å². The van der Waals surface area contributed by atoms with Gasteiger partial charge in [0.05, 0.1) is 29.3 Å². The van der Waals surface area contributed by atoms with Gasteiger partial charge in [0, 0.05) is 36.9 Å². The summed E-state index contributed by atoms with van der Waals surface area (Å²) in [5, 5.41) is 8.00. The quantitative estimate of drug-likeness (QED) is 0.293. The van der Waals surface area contributed by atoms with Crippen molar-refractivity contribution < 1.29 is 9.13 Å². The maximum atomic E-state index is 14.3. The number of imidazole rings is 1. The number of benzene rings is 1. The fraction of sp³-hybridized carbons (Fsp3) is 0.375. The lowest BCUT2D eigenvalue weighted by Gasteiger charge is -2.41. The number of anilines is 2. The number of aromatic amines is 1. The summed E-state index contributed by atoms with van der Waals surface area (Å²) in [6.45, 7) is 4.41. The first-order valence-electron chi connectivity index (χ1n) is 11.4. The third-order valence-corrected chi connectivity index (χ3v) is 7.27. The van der Waals surface area contributed by atoms with E-state index in [1.807, 2.05) is 10.6 Å². The molecule has 2 aliphatic heterocycles. The van der Waals surface area contributed by atoms with Crippen LogP contribution >= 0.6 is 0 Å². The molecule has 0 unspecified atom stereocenters. The van der Waals surface area contributed by atoms with Crippen molar-refractivity contribution in [2.75, 3.05) is 30.3 Å². The third kappa shape index (κ3) is 3.12. The predicted octanol–water partition coefficient (Wildman–Crippen LogP) is 2.06. The van der Waals surface area contributed by atoms with Crippen LogP contribution in [0, 0.1) is 23.1 Å². The van der Waals surface area contributed by atoms with Crippen molar-refractivity contribution in [3.05, 3.63) is 47.7 Å². The Balaban J connectivity index is 1.35. The van der Waals surface area contributed by atoms with Gasteiger partial charge in [-0.25, -0.2) is 9.37 Å². The molecule has 2 atom stereocenters. The SMILES string of the molecule is C[C@@H]1OCC2(CCN(c3nc4n[nH]c(C#Cc5cccc(N)c5F)c4c4nccn34)CC2)[C@@H]1N. The molecule has 0 saturated carbocycles. The van der Waals surface area contributed by atoms with Crippen LogP contribution in [-0.2, 0) is 4.74 Å². The smallest absolute Gasteiger partial charge is 0.213 e. The zero-order chi connectivity index (χ0) is 23.4. The predicted molar refractivity (Wildman–Crippen MR) is 127 cm³/mol. The average molecular weight is 461 g/mol. The van der Waals surface area contributed by atoms with E-state index in [-0.39, 0.29) is 28.8 Å². The summed E-state index contributed by atoms with van der Waals surface area (Å²) >= 11 is 0. The molecule has 6 rings (SSSR count). The summed E-state index contributed by atoms with van der Waals surface area (Å²) in [6, 6.07) is 4.81. The molecule has 3 aromatic heterocycles. The highest BCUT2D eigenvalue weighted by molar-refractivity contribution is 5.94. The minimum absolute atomic E-state index is 0.0271. The maximum Gasteiger partial charge on any atom is 0.213 e. The van der Waals surface area contributed by atoms with Gasteiger partial charge in [0.1, 0.15) is 5.69 Å². The number of nitrogen functional groups attached to an aromatic ring is 1. The summed E-state index contributed by atoms with van der Waals surface area (Å²) in [4.78, 5) is 11.6. The molecular formula is C24H25FN8O. The maximum absolute atomic E-state index is 14.3. The van der Waals surface area contributed by atoms with Crippen molar-refractivity contribution in [3.8, 4) is 11.8 Å². The fourth-order valence-corrected chi connectivity index (χ4v) is 5.14. The van der Waals surface area contributed by atoms with E-state index in [2.05, 4.69) is 38.8 Å². The molecule has 2 fully saturated rings. The topological polar surface area (TPSA) is 123 Å². The van der Waals surface area contributed by atoms with Gasteiger partial charge in [-0.1, -0.05) is 12.0 Å². The summed E-state index contributed by atoms with van der Waals surface area (Å²) in [6.07, 6.45) is 5.59. The molecule has 0 amide bonds. The number of nitrogens with one attached hydrogen (secondary N) is 1. The van der Waals surface area contributed by atoms with E-state index in [1.165, 1.54) is 6.07 Å². The van der Waals surface area contributed by atoms with E-state index in [0.29, 0.717) is 29.0 Å². The normalized spacial score (nSPS) is 21.9. The Hall–Kier alpha value is -3.68. The lowest BCUT2D eigenvalue weighted by molar-refractivity contribution is 0.0973. The van der Waals surface area contributed by atoms with Crippen molar-refractivity contribution in [3.63, 3.8) is 0 Å². The lowest BCUT2D eigenvalue weighted by Crippen LogP contribution is -2.51. The Morgan fingerprint density at radius 1 is 1.26 bits per heavy atom. The zero-order valence-electron chi connectivity index (χ0n) is 18.8. The van der Waals surface area contributed by atoms with Crippen LogP contribution in [-0.4, -0.2) is 56.4 Å². The standard InChI is InChI=1S/C24H25FN8O/c1-14-20(27)24(13-34-14)7-10-32(11-8-24)23-29-21-18(22-28-9-12-33(22)23)17(30-31-21)6-5-15-3-2-4-16(26)19(15)25/h2-4,9,12,14,20H,7-8,10-11,13,26-27H2,1H3,(H,30,31)/t14-,20+/m0/s1. The molecule has 0 aliphatic carbocycles. The summed E-state index contributed by atoms with van der Waals surface area (Å²) < 4.78 is 22.1. The van der Waals surface area contributed by atoms with E-state index >= 15 is 0 Å². The number of rotatable bonds is 1. The summed E-state index contributed by atoms with van der Waals surface area (Å²) in [5.41, 5.74) is 14.2. The minimum Gasteiger partial charge on any atom is -0.396 e. The van der Waals surface area contributed by atoms with E-state index in [9.17, 15) is 4.39 Å². The highest BCUT2D eigenvalue weighted by atomic mass is 19.1. The van der Waals surface area contributed by atoms with Gasteiger partial charge in [0.25, 0.3) is 0 Å². The molecule has 10 heteroatoms. The van der Waals surface area contributed by atoms with Gasteiger partial charge >= 0.3 is 0 Å². The molecule has 5 heterocycles. The van der Waals surface area contributed by atoms with Gasteiger partial charge in [0.2, 0.25) is 5.95 Å². The molecule has 2 aliphatic rings. The number of nitrogens with zero attached hydrogens (tertiary/aromatic N) is 5. The molecular weight excluding hydrogens is 435 g/mol. The van der Waals surface area contributed by atoms with Crippen molar-refractivity contribution in [2.24, 2.45) is 11.1 Å². The van der Waals surface area contributed by atoms with Crippen molar-refractivity contribution in [1.82, 2.24) is 24.6 Å². The number of hydrogen-bond donors (Lipinski definition) is 3. The largest absolute Gasteiger partial charge is 0.396 e. The first-order chi connectivity index (χ1) is 16.5. The van der Waals surface area contributed by atoms with E-state index < -0.39 is 5.82 Å². The van der Waals surface area contributed by atoms with Crippen LogP contribution in [0.15, 0.2) is 30.6 Å². The van der Waals surface area contributed by atoms with Crippen LogP contribution in [0.25, 0.3) is 16.7 Å². The van der Waals surface area contributed by atoms with Crippen LogP contribution < -0.4 is 16.4 Å². The molecule has 1 aromatic carbocycles. The third-order valence-electron chi connectivity index (χ3n) is 7.27. The van der Waals surface area contributed by atoms with Gasteiger partial charge in [-0.05, 0) is 37.8 Å². The second-order valence-electron chi connectivity index (χ2n) is 9.18. The molecule has 1 spiro atoms. The second kappa shape index (κ2) is 7.68. The molecule has 2 saturated heterocycles. The van der Waals surface area contributed by atoms with Crippen LogP contribution in [0.4, 0.5) is 16.0 Å². The number of fused-ring (bicyclic) bond motifs is 3. The fourth-order valence-electron chi connectivity index (χ4n) is 5.14. The Morgan fingerprint density at radius 2 is 2.09 bits per heavy atom. The van der Waals surface area contributed by atoms with Crippen LogP contribution in [0.3, 0.4) is 0 Å². The Kier molecular flexibility index (Phi) is 4.72. The summed E-state index contributed by atoms with van der Waals surface area (Å²) in [7, 11) is 0. The lowest BCUT2D eigenvalue weighted by atomic mass is 9.73. The molecule has 0 bridgehead atoms. The van der Waals surface area contributed by atoms with Gasteiger partial charge < -0.3 is 21.1 Å². The van der Waals surface area contributed by atoms with Gasteiger partial charge in [-0.2, -0.15) is 10.1 Å². The number of nitrogens with two attached hydrogens (primary N) is 2. The van der Waals surface area contributed by atoms with E-state index in [0.717, 1.165) is 31.9 Å². The number of halogens is 1. The molecule has 0 radical (unpaired) electrons. The van der Waals surface area contributed by atoms with E-state index in [1.54, 1.807) is 18.3 Å². The molecule has 4 aromatic rings. The van der Waals surface area contributed by atoms with Crippen LogP contribution in [0.1, 0.15) is 31.0 Å². The first kappa shape index (κ1) is 20.9. The highest BCUT2D eigenvalue weighted by Crippen LogP contribution is 2.42.